The Kier molecular flexibility index (Phi) is 5.23. The van der Waals surface area contributed by atoms with E-state index in [1.54, 1.807) is 39.3 Å². The maximum Gasteiger partial charge on any atom is 0.193 e. The molecule has 0 saturated heterocycles. The Labute approximate surface area is 190 Å². The second-order valence-electron chi connectivity index (χ2n) is 8.69. The van der Waals surface area contributed by atoms with Crippen LogP contribution in [0.25, 0.3) is 22.0 Å². The van der Waals surface area contributed by atoms with Crippen LogP contribution in [0.5, 0.6) is 5.75 Å². The minimum Gasteiger partial charge on any atom is -0.496 e. The summed E-state index contributed by atoms with van der Waals surface area (Å²) in [6.45, 7) is 3.58. The number of halogens is 2. The molecule has 0 N–H and O–H groups in total. The predicted molar refractivity (Wildman–Crippen MR) is 125 cm³/mol. The molecular weight excluding hydrogens is 422 g/mol. The zero-order valence-corrected chi connectivity index (χ0v) is 18.8. The lowest BCUT2D eigenvalue weighted by atomic mass is 9.98. The zero-order chi connectivity index (χ0) is 23.3. The van der Waals surface area contributed by atoms with Gasteiger partial charge in [-0.2, -0.15) is 0 Å². The number of para-hydroxylation sites is 1. The number of rotatable bonds is 5. The third kappa shape index (κ3) is 3.80. The zero-order valence-electron chi connectivity index (χ0n) is 18.8. The molecule has 2 aromatic carbocycles. The Morgan fingerprint density at radius 2 is 1.76 bits per heavy atom. The van der Waals surface area contributed by atoms with E-state index in [1.807, 2.05) is 28.8 Å². The first-order valence-electron chi connectivity index (χ1n) is 11.0. The van der Waals surface area contributed by atoms with E-state index in [9.17, 15) is 4.79 Å². The van der Waals surface area contributed by atoms with Gasteiger partial charge in [-0.05, 0) is 62.1 Å². The lowest BCUT2D eigenvalue weighted by Gasteiger charge is -2.17. The van der Waals surface area contributed by atoms with E-state index in [4.69, 9.17) is 4.74 Å². The minimum atomic E-state index is -0.751. The van der Waals surface area contributed by atoms with Gasteiger partial charge >= 0.3 is 0 Å². The van der Waals surface area contributed by atoms with E-state index in [1.165, 1.54) is 6.07 Å². The first kappa shape index (κ1) is 21.3. The molecule has 0 bridgehead atoms. The Balaban J connectivity index is 1.75. The summed E-state index contributed by atoms with van der Waals surface area (Å²) in [7, 11) is 1.58. The molecule has 2 heterocycles. The fourth-order valence-electron chi connectivity index (χ4n) is 4.56. The van der Waals surface area contributed by atoms with Crippen molar-refractivity contribution < 1.29 is 13.5 Å². The van der Waals surface area contributed by atoms with Crippen molar-refractivity contribution in [2.45, 2.75) is 39.2 Å². The molecule has 1 aliphatic carbocycles. The second kappa shape index (κ2) is 8.10. The van der Waals surface area contributed by atoms with E-state index >= 15 is 8.78 Å². The van der Waals surface area contributed by atoms with Crippen molar-refractivity contribution in [1.82, 2.24) is 9.55 Å². The van der Waals surface area contributed by atoms with E-state index in [0.29, 0.717) is 34.7 Å². The third-order valence-electron chi connectivity index (χ3n) is 6.17. The molecule has 4 nitrogen and oxygen atoms in total. The highest BCUT2D eigenvalue weighted by molar-refractivity contribution is 5.87. The van der Waals surface area contributed by atoms with Crippen LogP contribution in [-0.2, 0) is 6.42 Å². The van der Waals surface area contributed by atoms with Crippen molar-refractivity contribution in [3.05, 3.63) is 93.0 Å². The number of aryl methyl sites for hydroxylation is 2. The van der Waals surface area contributed by atoms with Gasteiger partial charge in [0, 0.05) is 35.6 Å². The van der Waals surface area contributed by atoms with Crippen molar-refractivity contribution in [1.29, 1.82) is 0 Å². The highest BCUT2D eigenvalue weighted by atomic mass is 19.1. The van der Waals surface area contributed by atoms with Gasteiger partial charge in [-0.25, -0.2) is 8.78 Å². The van der Waals surface area contributed by atoms with Gasteiger partial charge in [0.25, 0.3) is 0 Å². The fourth-order valence-corrected chi connectivity index (χ4v) is 4.56. The lowest BCUT2D eigenvalue weighted by Crippen LogP contribution is -2.17. The van der Waals surface area contributed by atoms with Gasteiger partial charge in [-0.1, -0.05) is 18.2 Å². The molecular formula is C27H24F2N2O2. The standard InChI is InChI=1S/C27H24F2N2O2/c1-15-10-18(11-16(2)30-15)24-22(28)13-21-26(25(24)29)31(20-8-9-20)14-19(27(21)32)12-17-6-4-5-7-23(17)33-3/h4-7,10-11,13-14,20H,8-9,12H2,1-3H3. The van der Waals surface area contributed by atoms with Crippen LogP contribution in [0.2, 0.25) is 0 Å². The van der Waals surface area contributed by atoms with Gasteiger partial charge < -0.3 is 9.30 Å². The number of pyridine rings is 2. The van der Waals surface area contributed by atoms with Gasteiger partial charge in [-0.15, -0.1) is 0 Å². The minimum absolute atomic E-state index is 0.0653. The summed E-state index contributed by atoms with van der Waals surface area (Å²) in [4.78, 5) is 17.7. The number of benzene rings is 2. The summed E-state index contributed by atoms with van der Waals surface area (Å²) < 4.78 is 38.5. The Morgan fingerprint density at radius 1 is 1.06 bits per heavy atom. The van der Waals surface area contributed by atoms with Crippen LogP contribution in [0.3, 0.4) is 0 Å². The number of fused-ring (bicyclic) bond motifs is 1. The SMILES string of the molecule is COc1ccccc1Cc1cn(C2CC2)c2c(F)c(-c3cc(C)nc(C)c3)c(F)cc2c1=O. The molecule has 5 rings (SSSR count). The molecule has 1 saturated carbocycles. The van der Waals surface area contributed by atoms with Crippen molar-refractivity contribution in [2.24, 2.45) is 0 Å². The van der Waals surface area contributed by atoms with Crippen molar-refractivity contribution >= 4 is 10.9 Å². The summed E-state index contributed by atoms with van der Waals surface area (Å²) in [5.41, 5.74) is 2.78. The number of methoxy groups -OCH3 is 1. The summed E-state index contributed by atoms with van der Waals surface area (Å²) >= 11 is 0. The van der Waals surface area contributed by atoms with Crippen LogP contribution < -0.4 is 10.2 Å². The predicted octanol–water partition coefficient (Wildman–Crippen LogP) is 5.89. The average Bonchev–Trinajstić information content (AvgIpc) is 3.61. The Hall–Kier alpha value is -3.54. The molecule has 0 radical (unpaired) electrons. The molecule has 0 spiro atoms. The number of hydrogen-bond acceptors (Lipinski definition) is 3. The summed E-state index contributed by atoms with van der Waals surface area (Å²) in [6, 6.07) is 12.1. The Morgan fingerprint density at radius 3 is 2.42 bits per heavy atom. The van der Waals surface area contributed by atoms with Crippen LogP contribution in [0, 0.1) is 25.5 Å². The molecule has 33 heavy (non-hydrogen) atoms. The molecule has 168 valence electrons. The molecule has 2 aromatic heterocycles. The van der Waals surface area contributed by atoms with Crippen LogP contribution in [0.4, 0.5) is 8.78 Å². The maximum absolute atomic E-state index is 15.9. The van der Waals surface area contributed by atoms with E-state index in [0.717, 1.165) is 18.4 Å². The summed E-state index contributed by atoms with van der Waals surface area (Å²) in [5.74, 6) is -0.784. The van der Waals surface area contributed by atoms with Crippen molar-refractivity contribution in [2.75, 3.05) is 7.11 Å². The van der Waals surface area contributed by atoms with Crippen molar-refractivity contribution in [3.8, 4) is 16.9 Å². The number of hydrogen-bond donors (Lipinski definition) is 0. The Bertz CT molecular complexity index is 1430. The molecule has 6 heteroatoms. The van der Waals surface area contributed by atoms with Gasteiger partial charge in [0.15, 0.2) is 11.2 Å². The van der Waals surface area contributed by atoms with Crippen LogP contribution in [-0.4, -0.2) is 16.7 Å². The molecule has 1 aliphatic rings. The normalized spacial score (nSPS) is 13.5. The van der Waals surface area contributed by atoms with Crippen LogP contribution >= 0.6 is 0 Å². The van der Waals surface area contributed by atoms with Gasteiger partial charge in [0.2, 0.25) is 0 Å². The second-order valence-corrected chi connectivity index (χ2v) is 8.69. The van der Waals surface area contributed by atoms with Gasteiger partial charge in [0.05, 0.1) is 23.6 Å². The molecule has 0 atom stereocenters. The lowest BCUT2D eigenvalue weighted by molar-refractivity contribution is 0.410. The van der Waals surface area contributed by atoms with Crippen LogP contribution in [0.1, 0.15) is 41.4 Å². The van der Waals surface area contributed by atoms with Crippen molar-refractivity contribution in [3.63, 3.8) is 0 Å². The maximum atomic E-state index is 15.9. The molecule has 0 unspecified atom stereocenters. The fraction of sp³-hybridized carbons (Fsp3) is 0.259. The van der Waals surface area contributed by atoms with Gasteiger partial charge in [0.1, 0.15) is 11.6 Å². The quantitative estimate of drug-likeness (QED) is 0.384. The first-order valence-corrected chi connectivity index (χ1v) is 11.0. The van der Waals surface area contributed by atoms with E-state index in [2.05, 4.69) is 4.98 Å². The van der Waals surface area contributed by atoms with E-state index in [-0.39, 0.29) is 27.9 Å². The summed E-state index contributed by atoms with van der Waals surface area (Å²) in [5, 5.41) is 0.0653. The largest absolute Gasteiger partial charge is 0.496 e. The molecule has 0 aliphatic heterocycles. The molecule has 4 aromatic rings. The number of nitrogens with zero attached hydrogens (tertiary/aromatic N) is 2. The monoisotopic (exact) mass is 446 g/mol. The molecule has 0 amide bonds. The highest BCUT2D eigenvalue weighted by Crippen LogP contribution is 2.40. The third-order valence-corrected chi connectivity index (χ3v) is 6.17. The van der Waals surface area contributed by atoms with E-state index < -0.39 is 11.6 Å². The molecule has 1 fully saturated rings. The topological polar surface area (TPSA) is 44.1 Å². The van der Waals surface area contributed by atoms with Gasteiger partial charge in [-0.3, -0.25) is 9.78 Å². The summed E-state index contributed by atoms with van der Waals surface area (Å²) in [6.07, 6.45) is 3.85. The highest BCUT2D eigenvalue weighted by Gasteiger charge is 2.29. The first-order chi connectivity index (χ1) is 15.9. The average molecular weight is 446 g/mol. The van der Waals surface area contributed by atoms with Crippen LogP contribution in [0.15, 0.2) is 53.5 Å². The number of aromatic nitrogens is 2. The number of ether oxygens (including phenoxy) is 1. The smallest absolute Gasteiger partial charge is 0.193 e.